The number of aromatic nitrogens is 1. The molecule has 5 rings (SSSR count). The fourth-order valence-electron chi connectivity index (χ4n) is 8.69. The van der Waals surface area contributed by atoms with Gasteiger partial charge in [0.05, 0.1) is 0 Å². The van der Waals surface area contributed by atoms with Crippen LogP contribution in [0.15, 0.2) is 65.8 Å². The maximum Gasteiger partial charge on any atom is 0.246 e. The first kappa shape index (κ1) is 51.0. The number of nitrogens with two attached hydrogens (primary N) is 3. The number of likely N-dealkylation sites (tertiary alicyclic amines) is 2. The number of H-pyrrole nitrogens is 1. The summed E-state index contributed by atoms with van der Waals surface area (Å²) in [5.74, 6) is -4.63. The van der Waals surface area contributed by atoms with Crippen molar-refractivity contribution in [3.05, 3.63) is 71.9 Å². The van der Waals surface area contributed by atoms with Crippen molar-refractivity contribution in [2.75, 3.05) is 19.6 Å². The zero-order valence-corrected chi connectivity index (χ0v) is 38.6. The summed E-state index contributed by atoms with van der Waals surface area (Å²) in [4.78, 5) is 119. The maximum atomic E-state index is 14.8. The Hall–Kier alpha value is -6.99. The lowest BCUT2D eigenvalue weighted by atomic mass is 10.0. The van der Waals surface area contributed by atoms with E-state index >= 15 is 0 Å². The van der Waals surface area contributed by atoms with Crippen molar-refractivity contribution in [3.63, 3.8) is 0 Å². The van der Waals surface area contributed by atoms with Gasteiger partial charge in [0.2, 0.25) is 47.3 Å². The van der Waals surface area contributed by atoms with Crippen molar-refractivity contribution in [2.45, 2.75) is 134 Å². The predicted molar refractivity (Wildman–Crippen MR) is 251 cm³/mol. The number of unbranched alkanes of at least 4 members (excludes halogenated alkanes) is 1. The van der Waals surface area contributed by atoms with E-state index in [1.807, 2.05) is 49.4 Å². The maximum absolute atomic E-state index is 14.8. The Balaban J connectivity index is 1.37. The van der Waals surface area contributed by atoms with Crippen LogP contribution in [0.3, 0.4) is 0 Å². The number of guanidine groups is 1. The minimum absolute atomic E-state index is 0.00784. The zero-order chi connectivity index (χ0) is 48.6. The molecule has 362 valence electrons. The fourth-order valence-corrected chi connectivity index (χ4v) is 8.69. The number of primary amides is 1. The number of amides is 8. The highest BCUT2D eigenvalue weighted by Crippen LogP contribution is 2.27. The van der Waals surface area contributed by atoms with E-state index in [1.165, 1.54) is 23.6 Å². The van der Waals surface area contributed by atoms with E-state index in [9.17, 15) is 38.4 Å². The second-order valence-electron chi connectivity index (χ2n) is 17.3. The van der Waals surface area contributed by atoms with E-state index in [-0.39, 0.29) is 44.9 Å². The lowest BCUT2D eigenvalue weighted by Crippen LogP contribution is -2.60. The molecule has 2 aliphatic rings. The molecule has 7 atom stereocenters. The standard InChI is InChI=1S/C47H66N12O8/c1-4-5-17-34(40(48)61)55-44(65)38-20-12-23-58(38)46(67)39-21-13-24-59(39)45(66)37(25-30-14-7-6-8-15-30)57-43(64)36(26-31-27-52-33-18-10-9-16-32(31)33)56-41(62)28(2)53-42(63)35(54-29(3)60)19-11-22-51-47(49)50/h6-10,14-16,18,27-28,34-39,52H,4-5,11-13,17,19-26H2,1-3H3,(H2,48,61)(H,53,63)(H,54,60)(H,55,65)(H,56,62)(H,57,64)(H4,49,50,51)/t28-,34-,35-,36+,37-,38-,39+/m0/s1. The van der Waals surface area contributed by atoms with Crippen molar-refractivity contribution < 1.29 is 38.4 Å². The topological polar surface area (TPSA) is 309 Å². The Morgan fingerprint density at radius 3 is 2.04 bits per heavy atom. The first-order valence-electron chi connectivity index (χ1n) is 23.1. The molecule has 2 aromatic carbocycles. The molecule has 2 aliphatic heterocycles. The molecule has 67 heavy (non-hydrogen) atoms. The molecular formula is C47H66N12O8. The number of fused-ring (bicyclic) bond motifs is 1. The summed E-state index contributed by atoms with van der Waals surface area (Å²) in [7, 11) is 0. The van der Waals surface area contributed by atoms with Crippen LogP contribution in [0, 0.1) is 0 Å². The van der Waals surface area contributed by atoms with Crippen LogP contribution in [-0.4, -0.2) is 130 Å². The van der Waals surface area contributed by atoms with Crippen LogP contribution >= 0.6 is 0 Å². The highest BCUT2D eigenvalue weighted by Gasteiger charge is 2.44. The molecule has 12 N–H and O–H groups in total. The summed E-state index contributed by atoms with van der Waals surface area (Å²) < 4.78 is 0. The van der Waals surface area contributed by atoms with Gasteiger partial charge in [0.1, 0.15) is 42.3 Å². The highest BCUT2D eigenvalue weighted by molar-refractivity contribution is 5.98. The van der Waals surface area contributed by atoms with Crippen molar-refractivity contribution in [1.29, 1.82) is 0 Å². The molecule has 1 aromatic heterocycles. The van der Waals surface area contributed by atoms with Gasteiger partial charge in [0.25, 0.3) is 0 Å². The van der Waals surface area contributed by atoms with Crippen LogP contribution in [0.1, 0.15) is 89.7 Å². The molecule has 0 saturated carbocycles. The van der Waals surface area contributed by atoms with E-state index in [2.05, 4.69) is 36.6 Å². The van der Waals surface area contributed by atoms with Crippen LogP contribution in [-0.2, 0) is 51.2 Å². The molecule has 0 aliphatic carbocycles. The second-order valence-corrected chi connectivity index (χ2v) is 17.3. The Kier molecular flexibility index (Phi) is 18.7. The van der Waals surface area contributed by atoms with Gasteiger partial charge < -0.3 is 58.6 Å². The van der Waals surface area contributed by atoms with Gasteiger partial charge in [-0.2, -0.15) is 0 Å². The zero-order valence-electron chi connectivity index (χ0n) is 38.6. The number of para-hydroxylation sites is 1. The molecule has 0 spiro atoms. The largest absolute Gasteiger partial charge is 0.370 e. The summed E-state index contributed by atoms with van der Waals surface area (Å²) >= 11 is 0. The van der Waals surface area contributed by atoms with Gasteiger partial charge in [-0.1, -0.05) is 68.3 Å². The predicted octanol–water partition coefficient (Wildman–Crippen LogP) is 0.128. The lowest BCUT2D eigenvalue weighted by molar-refractivity contribution is -0.148. The van der Waals surface area contributed by atoms with E-state index in [1.54, 1.807) is 18.3 Å². The van der Waals surface area contributed by atoms with Gasteiger partial charge in [-0.15, -0.1) is 0 Å². The molecule has 0 radical (unpaired) electrons. The third-order valence-corrected chi connectivity index (χ3v) is 12.2. The van der Waals surface area contributed by atoms with Gasteiger partial charge in [-0.05, 0) is 69.1 Å². The van der Waals surface area contributed by atoms with Crippen LogP contribution in [0.5, 0.6) is 0 Å². The third-order valence-electron chi connectivity index (χ3n) is 12.2. The van der Waals surface area contributed by atoms with Gasteiger partial charge in [0, 0.05) is 56.5 Å². The molecule has 2 fully saturated rings. The molecule has 8 amide bonds. The third kappa shape index (κ3) is 14.3. The molecular weight excluding hydrogens is 861 g/mol. The monoisotopic (exact) mass is 927 g/mol. The van der Waals surface area contributed by atoms with Crippen LogP contribution in [0.4, 0.5) is 0 Å². The number of aromatic amines is 1. The first-order valence-corrected chi connectivity index (χ1v) is 23.1. The summed E-state index contributed by atoms with van der Waals surface area (Å²) in [5.41, 5.74) is 18.7. The summed E-state index contributed by atoms with van der Waals surface area (Å²) in [6.07, 6.45) is 5.94. The van der Waals surface area contributed by atoms with Crippen molar-refractivity contribution in [2.24, 2.45) is 22.2 Å². The quantitative estimate of drug-likeness (QED) is 0.0352. The van der Waals surface area contributed by atoms with E-state index < -0.39 is 89.6 Å². The summed E-state index contributed by atoms with van der Waals surface area (Å²) in [6, 6.07) is 9.26. The number of rotatable bonds is 23. The normalized spacial score (nSPS) is 17.9. The Bertz CT molecular complexity index is 2260. The average Bonchev–Trinajstić information content (AvgIpc) is 4.09. The van der Waals surface area contributed by atoms with Gasteiger partial charge in [-0.3, -0.25) is 43.3 Å². The van der Waals surface area contributed by atoms with E-state index in [4.69, 9.17) is 17.2 Å². The van der Waals surface area contributed by atoms with Crippen molar-refractivity contribution in [1.82, 2.24) is 41.4 Å². The smallest absolute Gasteiger partial charge is 0.246 e. The summed E-state index contributed by atoms with van der Waals surface area (Å²) in [5, 5.41) is 14.5. The average molecular weight is 927 g/mol. The molecule has 3 aromatic rings. The number of hydrogen-bond acceptors (Lipinski definition) is 9. The van der Waals surface area contributed by atoms with Gasteiger partial charge in [0.15, 0.2) is 5.96 Å². The Morgan fingerprint density at radius 1 is 0.716 bits per heavy atom. The van der Waals surface area contributed by atoms with E-state index in [0.29, 0.717) is 50.5 Å². The minimum Gasteiger partial charge on any atom is -0.370 e. The minimum atomic E-state index is -1.26. The van der Waals surface area contributed by atoms with Crippen LogP contribution in [0.25, 0.3) is 10.9 Å². The van der Waals surface area contributed by atoms with Crippen molar-refractivity contribution in [3.8, 4) is 0 Å². The number of aliphatic imine (C=N–C) groups is 1. The molecule has 0 unspecified atom stereocenters. The number of carbonyl (C=O) groups excluding carboxylic acids is 8. The van der Waals surface area contributed by atoms with Crippen LogP contribution in [0.2, 0.25) is 0 Å². The van der Waals surface area contributed by atoms with Gasteiger partial charge >= 0.3 is 0 Å². The second kappa shape index (κ2) is 24.5. The number of carbonyl (C=O) groups is 8. The molecule has 20 heteroatoms. The lowest BCUT2D eigenvalue weighted by Gasteiger charge is -2.33. The Morgan fingerprint density at radius 2 is 1.36 bits per heavy atom. The number of nitrogens with one attached hydrogen (secondary N) is 6. The first-order chi connectivity index (χ1) is 32.1. The number of benzene rings is 2. The number of nitrogens with zero attached hydrogens (tertiary/aromatic N) is 3. The SMILES string of the molecule is CCCC[C@H](NC(=O)[C@@H]1CCCN1C(=O)[C@H]1CCCN1C(=O)[C@H](Cc1ccccc1)NC(=O)[C@@H](Cc1c[nH]c2ccccc12)NC(=O)[C@H](C)NC(=O)[C@H](CCCN=C(N)N)NC(C)=O)C(N)=O. The van der Waals surface area contributed by atoms with Gasteiger partial charge in [-0.25, -0.2) is 0 Å². The fraction of sp³-hybridized carbons (Fsp3) is 0.511. The highest BCUT2D eigenvalue weighted by atomic mass is 16.2. The van der Waals surface area contributed by atoms with E-state index in [0.717, 1.165) is 22.9 Å². The molecule has 0 bridgehead atoms. The molecule has 20 nitrogen and oxygen atoms in total. The Labute approximate surface area is 390 Å². The van der Waals surface area contributed by atoms with Crippen LogP contribution < -0.4 is 43.8 Å². The molecule has 2 saturated heterocycles. The molecule has 3 heterocycles. The van der Waals surface area contributed by atoms with Crippen molar-refractivity contribution >= 4 is 64.1 Å². The number of hydrogen-bond donors (Lipinski definition) is 9. The summed E-state index contributed by atoms with van der Waals surface area (Å²) in [6.45, 7) is 5.40.